The van der Waals surface area contributed by atoms with Crippen LogP contribution in [0, 0.1) is 6.92 Å². The van der Waals surface area contributed by atoms with Gasteiger partial charge in [-0.3, -0.25) is 4.90 Å². The molecule has 0 radical (unpaired) electrons. The topological polar surface area (TPSA) is 28.2 Å². The van der Waals surface area contributed by atoms with Crippen LogP contribution in [-0.2, 0) is 6.54 Å². The molecule has 1 atom stereocenters. The van der Waals surface area contributed by atoms with Crippen molar-refractivity contribution in [2.45, 2.75) is 45.7 Å². The summed E-state index contributed by atoms with van der Waals surface area (Å²) >= 11 is 1.79. The van der Waals surface area contributed by atoms with E-state index < -0.39 is 0 Å². The Bertz CT molecular complexity index is 331. The Morgan fingerprint density at radius 2 is 2.18 bits per heavy atom. The molecule has 2 rings (SSSR count). The molecule has 0 saturated carbocycles. The number of thiazole rings is 1. The van der Waals surface area contributed by atoms with Gasteiger partial charge in [-0.25, -0.2) is 4.98 Å². The van der Waals surface area contributed by atoms with Crippen LogP contribution >= 0.6 is 11.3 Å². The first-order valence-electron chi connectivity index (χ1n) is 6.62. The zero-order valence-electron chi connectivity index (χ0n) is 10.9. The lowest BCUT2D eigenvalue weighted by Gasteiger charge is -2.32. The molecule has 1 N–H and O–H groups in total. The number of nitrogens with one attached hydrogen (secondary N) is 1. The van der Waals surface area contributed by atoms with Gasteiger partial charge in [0.25, 0.3) is 0 Å². The summed E-state index contributed by atoms with van der Waals surface area (Å²) in [5.74, 6) is 0. The lowest BCUT2D eigenvalue weighted by Crippen LogP contribution is -2.42. The number of hydrogen-bond acceptors (Lipinski definition) is 4. The summed E-state index contributed by atoms with van der Waals surface area (Å²) in [6, 6.07) is 0.657. The Morgan fingerprint density at radius 1 is 1.41 bits per heavy atom. The molecule has 2 heterocycles. The van der Waals surface area contributed by atoms with Gasteiger partial charge < -0.3 is 5.32 Å². The van der Waals surface area contributed by atoms with Crippen molar-refractivity contribution in [2.75, 3.05) is 19.6 Å². The monoisotopic (exact) mass is 253 g/mol. The number of hydrogen-bond donors (Lipinski definition) is 1. The van der Waals surface area contributed by atoms with E-state index in [2.05, 4.69) is 29.0 Å². The van der Waals surface area contributed by atoms with Crippen molar-refractivity contribution >= 4 is 11.3 Å². The van der Waals surface area contributed by atoms with Crippen LogP contribution in [-0.4, -0.2) is 35.6 Å². The van der Waals surface area contributed by atoms with E-state index in [0.717, 1.165) is 18.1 Å². The molecule has 1 unspecified atom stereocenters. The van der Waals surface area contributed by atoms with Crippen molar-refractivity contribution < 1.29 is 0 Å². The molecule has 1 aliphatic rings. The van der Waals surface area contributed by atoms with Gasteiger partial charge in [-0.15, -0.1) is 11.3 Å². The van der Waals surface area contributed by atoms with Crippen molar-refractivity contribution in [1.29, 1.82) is 0 Å². The minimum absolute atomic E-state index is 0.657. The number of aromatic nitrogens is 1. The number of piperidine rings is 1. The first-order valence-corrected chi connectivity index (χ1v) is 7.43. The molecule has 3 nitrogen and oxygen atoms in total. The molecule has 1 aromatic heterocycles. The highest BCUT2D eigenvalue weighted by atomic mass is 32.1. The minimum Gasteiger partial charge on any atom is -0.310 e. The quantitative estimate of drug-likeness (QED) is 0.873. The molecular formula is C13H23N3S. The van der Waals surface area contributed by atoms with Crippen molar-refractivity contribution in [1.82, 2.24) is 15.2 Å². The number of likely N-dealkylation sites (tertiary alicyclic amines) is 1. The normalized spacial score (nSPS) is 19.4. The van der Waals surface area contributed by atoms with E-state index in [1.807, 2.05) is 6.20 Å². The third kappa shape index (κ3) is 4.05. The van der Waals surface area contributed by atoms with Crippen LogP contribution in [0.1, 0.15) is 36.1 Å². The molecule has 0 amide bonds. The van der Waals surface area contributed by atoms with Crippen molar-refractivity contribution in [3.63, 3.8) is 0 Å². The van der Waals surface area contributed by atoms with Gasteiger partial charge in [0.05, 0.1) is 5.01 Å². The maximum atomic E-state index is 4.27. The zero-order chi connectivity index (χ0) is 12.1. The lowest BCUT2D eigenvalue weighted by atomic mass is 10.1. The van der Waals surface area contributed by atoms with Crippen molar-refractivity contribution in [2.24, 2.45) is 0 Å². The van der Waals surface area contributed by atoms with Gasteiger partial charge in [0.15, 0.2) is 0 Å². The second-order valence-electron chi connectivity index (χ2n) is 4.92. The molecular weight excluding hydrogens is 230 g/mol. The van der Waals surface area contributed by atoms with Crippen LogP contribution in [0.5, 0.6) is 0 Å². The smallest absolute Gasteiger partial charge is 0.0897 e. The fourth-order valence-corrected chi connectivity index (χ4v) is 3.14. The Labute approximate surface area is 108 Å². The highest BCUT2D eigenvalue weighted by molar-refractivity contribution is 7.11. The van der Waals surface area contributed by atoms with E-state index in [1.54, 1.807) is 11.3 Å². The van der Waals surface area contributed by atoms with Crippen LogP contribution in [0.3, 0.4) is 0 Å². The van der Waals surface area contributed by atoms with E-state index in [4.69, 9.17) is 0 Å². The van der Waals surface area contributed by atoms with E-state index in [0.29, 0.717) is 6.04 Å². The molecule has 0 aromatic carbocycles. The number of rotatable bonds is 5. The Hall–Kier alpha value is -0.450. The maximum absolute atomic E-state index is 4.27. The molecule has 96 valence electrons. The van der Waals surface area contributed by atoms with Gasteiger partial charge in [0.1, 0.15) is 0 Å². The standard InChI is InChI=1S/C13H23N3S/c1-11(16-6-4-3-5-7-16)8-14-9-13-10-15-12(2)17-13/h10-11,14H,3-9H2,1-2H3. The van der Waals surface area contributed by atoms with Gasteiger partial charge in [-0.05, 0) is 39.8 Å². The Morgan fingerprint density at radius 3 is 2.82 bits per heavy atom. The summed E-state index contributed by atoms with van der Waals surface area (Å²) in [7, 11) is 0. The van der Waals surface area contributed by atoms with Gasteiger partial charge in [0, 0.05) is 30.2 Å². The SMILES string of the molecule is Cc1ncc(CNCC(C)N2CCCCC2)s1. The predicted octanol–water partition coefficient (Wildman–Crippen LogP) is 2.42. The van der Waals surface area contributed by atoms with Crippen molar-refractivity contribution in [3.05, 3.63) is 16.1 Å². The third-order valence-electron chi connectivity index (χ3n) is 3.42. The fourth-order valence-electron chi connectivity index (χ4n) is 2.38. The molecule has 4 heteroatoms. The van der Waals surface area contributed by atoms with Crippen LogP contribution in [0.4, 0.5) is 0 Å². The number of aryl methyl sites for hydroxylation is 1. The van der Waals surface area contributed by atoms with Crippen molar-refractivity contribution in [3.8, 4) is 0 Å². The zero-order valence-corrected chi connectivity index (χ0v) is 11.7. The summed E-state index contributed by atoms with van der Waals surface area (Å²) in [6.45, 7) is 8.99. The largest absolute Gasteiger partial charge is 0.310 e. The second-order valence-corrected chi connectivity index (χ2v) is 6.24. The van der Waals surface area contributed by atoms with Gasteiger partial charge >= 0.3 is 0 Å². The van der Waals surface area contributed by atoms with Crippen LogP contribution < -0.4 is 5.32 Å². The second kappa shape index (κ2) is 6.47. The minimum atomic E-state index is 0.657. The molecule has 1 saturated heterocycles. The van der Waals surface area contributed by atoms with Crippen LogP contribution in [0.15, 0.2) is 6.20 Å². The average molecular weight is 253 g/mol. The predicted molar refractivity (Wildman–Crippen MR) is 73.4 cm³/mol. The molecule has 0 bridgehead atoms. The number of nitrogens with zero attached hydrogens (tertiary/aromatic N) is 2. The summed E-state index contributed by atoms with van der Waals surface area (Å²) in [5, 5.41) is 4.70. The summed E-state index contributed by atoms with van der Waals surface area (Å²) in [4.78, 5) is 8.22. The van der Waals surface area contributed by atoms with E-state index in [1.165, 1.54) is 37.2 Å². The summed E-state index contributed by atoms with van der Waals surface area (Å²) < 4.78 is 0. The lowest BCUT2D eigenvalue weighted by molar-refractivity contribution is 0.171. The average Bonchev–Trinajstić information content (AvgIpc) is 2.76. The fraction of sp³-hybridized carbons (Fsp3) is 0.769. The maximum Gasteiger partial charge on any atom is 0.0897 e. The van der Waals surface area contributed by atoms with E-state index in [-0.39, 0.29) is 0 Å². The first-order chi connectivity index (χ1) is 8.25. The highest BCUT2D eigenvalue weighted by Gasteiger charge is 2.15. The van der Waals surface area contributed by atoms with Gasteiger partial charge in [-0.2, -0.15) is 0 Å². The Kier molecular flexibility index (Phi) is 4.95. The van der Waals surface area contributed by atoms with Gasteiger partial charge in [0.2, 0.25) is 0 Å². The molecule has 0 spiro atoms. The molecule has 1 aliphatic heterocycles. The summed E-state index contributed by atoms with van der Waals surface area (Å²) in [6.07, 6.45) is 6.14. The molecule has 17 heavy (non-hydrogen) atoms. The molecule has 1 aromatic rings. The van der Waals surface area contributed by atoms with Gasteiger partial charge in [-0.1, -0.05) is 6.42 Å². The first kappa shape index (κ1) is 13.0. The Balaban J connectivity index is 1.67. The summed E-state index contributed by atoms with van der Waals surface area (Å²) in [5.41, 5.74) is 0. The third-order valence-corrected chi connectivity index (χ3v) is 4.33. The van der Waals surface area contributed by atoms with E-state index in [9.17, 15) is 0 Å². The molecule has 0 aliphatic carbocycles. The van der Waals surface area contributed by atoms with Crippen LogP contribution in [0.25, 0.3) is 0 Å². The highest BCUT2D eigenvalue weighted by Crippen LogP contribution is 2.13. The molecule has 1 fully saturated rings. The van der Waals surface area contributed by atoms with Crippen LogP contribution in [0.2, 0.25) is 0 Å². The van der Waals surface area contributed by atoms with E-state index >= 15 is 0 Å².